The lowest BCUT2D eigenvalue weighted by Gasteiger charge is -2.23. The van der Waals surface area contributed by atoms with Crippen LogP contribution in [0.1, 0.15) is 56.8 Å². The monoisotopic (exact) mass is 544 g/mol. The Balaban J connectivity index is 1.30. The fraction of sp³-hybridized carbons (Fsp3) is 0.393. The van der Waals surface area contributed by atoms with E-state index in [0.717, 1.165) is 79.5 Å². The van der Waals surface area contributed by atoms with Gasteiger partial charge in [-0.2, -0.15) is 5.10 Å². The number of rotatable bonds is 5. The Kier molecular flexibility index (Phi) is 6.38. The van der Waals surface area contributed by atoms with Gasteiger partial charge in [-0.1, -0.05) is 17.7 Å². The lowest BCUT2D eigenvalue weighted by Crippen LogP contribution is -2.18. The van der Waals surface area contributed by atoms with Crippen molar-refractivity contribution >= 4 is 45.2 Å². The van der Waals surface area contributed by atoms with Crippen LogP contribution >= 0.6 is 11.6 Å². The number of halogens is 1. The highest BCUT2D eigenvalue weighted by molar-refractivity contribution is 6.30. The lowest BCUT2D eigenvalue weighted by atomic mass is 10.1. The van der Waals surface area contributed by atoms with Crippen LogP contribution in [0.4, 0.5) is 11.5 Å². The average Bonchev–Trinajstić information content (AvgIpc) is 3.60. The van der Waals surface area contributed by atoms with Crippen LogP contribution in [-0.4, -0.2) is 47.5 Å². The molecule has 0 saturated carbocycles. The first-order valence-corrected chi connectivity index (χ1v) is 13.9. The number of pyridine rings is 1. The van der Waals surface area contributed by atoms with Crippen LogP contribution in [0.25, 0.3) is 33.3 Å². The van der Waals surface area contributed by atoms with Gasteiger partial charge in [0, 0.05) is 30.4 Å². The molecule has 10 nitrogen and oxygen atoms in total. The van der Waals surface area contributed by atoms with Crippen LogP contribution in [-0.2, 0) is 9.47 Å². The summed E-state index contributed by atoms with van der Waals surface area (Å²) >= 11 is 6.47. The van der Waals surface area contributed by atoms with Gasteiger partial charge in [0.15, 0.2) is 11.9 Å². The average molecular weight is 545 g/mol. The fourth-order valence-corrected chi connectivity index (χ4v) is 5.70. The van der Waals surface area contributed by atoms with E-state index < -0.39 is 0 Å². The summed E-state index contributed by atoms with van der Waals surface area (Å²) in [5, 5.41) is 9.70. The molecule has 2 aliphatic rings. The number of anilines is 2. The SMILES string of the molecule is Cc1nc(-c2cc(Cl)cnc2Nc2cccc3c2cnn3C2CCCCO2)c2ncn(C3CCCCO3)c2n1. The molecular formula is C28H29ClN8O2. The van der Waals surface area contributed by atoms with Crippen molar-refractivity contribution < 1.29 is 9.47 Å². The minimum absolute atomic E-state index is 0.0451. The van der Waals surface area contributed by atoms with Crippen LogP contribution in [0.3, 0.4) is 0 Å². The molecule has 2 saturated heterocycles. The number of nitrogens with one attached hydrogen (secondary N) is 1. The molecule has 0 amide bonds. The van der Waals surface area contributed by atoms with Crippen molar-refractivity contribution in [2.75, 3.05) is 18.5 Å². The van der Waals surface area contributed by atoms with E-state index in [1.54, 1.807) is 12.5 Å². The van der Waals surface area contributed by atoms with Gasteiger partial charge in [-0.05, 0) is 63.6 Å². The Labute approximate surface area is 230 Å². The minimum atomic E-state index is -0.0803. The maximum Gasteiger partial charge on any atom is 0.166 e. The van der Waals surface area contributed by atoms with Crippen molar-refractivity contribution in [3.8, 4) is 11.3 Å². The molecule has 11 heteroatoms. The van der Waals surface area contributed by atoms with E-state index in [1.165, 1.54) is 0 Å². The number of benzene rings is 1. The van der Waals surface area contributed by atoms with Crippen molar-refractivity contribution in [2.24, 2.45) is 0 Å². The van der Waals surface area contributed by atoms with E-state index in [9.17, 15) is 0 Å². The molecule has 0 radical (unpaired) electrons. The first kappa shape index (κ1) is 24.4. The minimum Gasteiger partial charge on any atom is -0.358 e. The topological polar surface area (TPSA) is 105 Å². The highest BCUT2D eigenvalue weighted by Crippen LogP contribution is 2.37. The van der Waals surface area contributed by atoms with Crippen molar-refractivity contribution in [3.63, 3.8) is 0 Å². The zero-order valence-electron chi connectivity index (χ0n) is 21.7. The zero-order chi connectivity index (χ0) is 26.3. The second kappa shape index (κ2) is 10.2. The zero-order valence-corrected chi connectivity index (χ0v) is 22.4. The number of hydrogen-bond acceptors (Lipinski definition) is 8. The van der Waals surface area contributed by atoms with Crippen LogP contribution in [0.2, 0.25) is 5.02 Å². The molecule has 2 unspecified atom stereocenters. The summed E-state index contributed by atoms with van der Waals surface area (Å²) < 4.78 is 16.0. The predicted octanol–water partition coefficient (Wildman–Crippen LogP) is 6.34. The van der Waals surface area contributed by atoms with E-state index in [1.807, 2.05) is 40.6 Å². The van der Waals surface area contributed by atoms with Crippen LogP contribution in [0.5, 0.6) is 0 Å². The second-order valence-electron chi connectivity index (χ2n) is 10.1. The molecule has 1 N–H and O–H groups in total. The summed E-state index contributed by atoms with van der Waals surface area (Å²) in [6, 6.07) is 7.97. The van der Waals surface area contributed by atoms with Gasteiger partial charge < -0.3 is 14.8 Å². The molecule has 2 atom stereocenters. The molecule has 6 heterocycles. The van der Waals surface area contributed by atoms with Crippen molar-refractivity contribution in [3.05, 3.63) is 53.8 Å². The smallest absolute Gasteiger partial charge is 0.166 e. The third-order valence-corrected chi connectivity index (χ3v) is 7.64. The van der Waals surface area contributed by atoms with E-state index in [-0.39, 0.29) is 12.5 Å². The predicted molar refractivity (Wildman–Crippen MR) is 149 cm³/mol. The molecule has 4 aromatic heterocycles. The molecule has 5 aromatic rings. The summed E-state index contributed by atoms with van der Waals surface area (Å²) in [6.45, 7) is 3.38. The van der Waals surface area contributed by atoms with Gasteiger partial charge in [-0.25, -0.2) is 24.6 Å². The molecule has 39 heavy (non-hydrogen) atoms. The van der Waals surface area contributed by atoms with Crippen LogP contribution < -0.4 is 5.32 Å². The molecule has 0 aliphatic carbocycles. The molecule has 2 aliphatic heterocycles. The molecule has 0 spiro atoms. The Morgan fingerprint density at radius 3 is 2.59 bits per heavy atom. The van der Waals surface area contributed by atoms with Gasteiger partial charge >= 0.3 is 0 Å². The molecule has 0 bridgehead atoms. The second-order valence-corrected chi connectivity index (χ2v) is 10.5. The Morgan fingerprint density at radius 2 is 1.79 bits per heavy atom. The number of ether oxygens (including phenoxy) is 2. The highest BCUT2D eigenvalue weighted by atomic mass is 35.5. The Hall–Kier alpha value is -3.60. The quantitative estimate of drug-likeness (QED) is 0.273. The number of fused-ring (bicyclic) bond motifs is 2. The number of hydrogen-bond donors (Lipinski definition) is 1. The van der Waals surface area contributed by atoms with Crippen LogP contribution in [0, 0.1) is 6.92 Å². The van der Waals surface area contributed by atoms with Gasteiger partial charge in [0.25, 0.3) is 0 Å². The summed E-state index contributed by atoms with van der Waals surface area (Å²) in [7, 11) is 0. The Morgan fingerprint density at radius 1 is 0.974 bits per heavy atom. The summed E-state index contributed by atoms with van der Waals surface area (Å²) in [6.07, 6.45) is 11.5. The molecular weight excluding hydrogens is 516 g/mol. The normalized spacial score (nSPS) is 20.1. The van der Waals surface area contributed by atoms with Crippen LogP contribution in [0.15, 0.2) is 43.0 Å². The number of aryl methyl sites for hydroxylation is 1. The molecule has 2 fully saturated rings. The van der Waals surface area contributed by atoms with Gasteiger partial charge in [0.2, 0.25) is 0 Å². The maximum absolute atomic E-state index is 6.47. The standard InChI is InChI=1S/C28H29ClN8O2/c1-17-33-25(26-28(34-17)36(16-31-26)23-9-2-4-11-38-23)19-13-18(29)14-30-27(19)35-21-7-6-8-22-20(21)15-32-37(22)24-10-3-5-12-39-24/h6-8,13-16,23-24H,2-5,9-12H2,1H3,(H,30,35). The third-order valence-electron chi connectivity index (χ3n) is 7.43. The van der Waals surface area contributed by atoms with E-state index in [2.05, 4.69) is 21.5 Å². The third kappa shape index (κ3) is 4.52. The van der Waals surface area contributed by atoms with Crippen molar-refractivity contribution in [2.45, 2.75) is 57.9 Å². The largest absolute Gasteiger partial charge is 0.358 e. The molecule has 7 rings (SSSR count). The first-order valence-electron chi connectivity index (χ1n) is 13.5. The highest BCUT2D eigenvalue weighted by Gasteiger charge is 2.24. The van der Waals surface area contributed by atoms with Gasteiger partial charge in [-0.3, -0.25) is 4.57 Å². The van der Waals surface area contributed by atoms with Gasteiger partial charge in [0.05, 0.1) is 28.8 Å². The van der Waals surface area contributed by atoms with E-state index in [4.69, 9.17) is 36.0 Å². The summed E-state index contributed by atoms with van der Waals surface area (Å²) in [4.78, 5) is 18.9. The Bertz CT molecular complexity index is 1650. The van der Waals surface area contributed by atoms with Gasteiger partial charge in [-0.15, -0.1) is 0 Å². The number of imidazole rings is 1. The summed E-state index contributed by atoms with van der Waals surface area (Å²) in [5.41, 5.74) is 4.73. The molecule has 1 aromatic carbocycles. The van der Waals surface area contributed by atoms with E-state index in [0.29, 0.717) is 27.9 Å². The number of aromatic nitrogens is 7. The van der Waals surface area contributed by atoms with Gasteiger partial charge in [0.1, 0.15) is 29.1 Å². The summed E-state index contributed by atoms with van der Waals surface area (Å²) in [5.74, 6) is 1.26. The maximum atomic E-state index is 6.47. The number of nitrogens with zero attached hydrogens (tertiary/aromatic N) is 7. The lowest BCUT2D eigenvalue weighted by molar-refractivity contribution is -0.0366. The van der Waals surface area contributed by atoms with E-state index >= 15 is 0 Å². The first-order chi connectivity index (χ1) is 19.2. The molecule has 200 valence electrons. The van der Waals surface area contributed by atoms with Crippen molar-refractivity contribution in [1.29, 1.82) is 0 Å². The fourth-order valence-electron chi connectivity index (χ4n) is 5.54. The van der Waals surface area contributed by atoms with Crippen molar-refractivity contribution in [1.82, 2.24) is 34.3 Å².